The Labute approximate surface area is 138 Å². The maximum Gasteiger partial charge on any atom is 0.323 e. The molecule has 2 N–H and O–H groups in total. The zero-order valence-corrected chi connectivity index (χ0v) is 12.8. The van der Waals surface area contributed by atoms with Crippen LogP contribution in [0.25, 0.3) is 17.0 Å². The number of para-hydroxylation sites is 2. The molecule has 1 amide bonds. The van der Waals surface area contributed by atoms with E-state index in [1.54, 1.807) is 16.8 Å². The number of nitrogens with zero attached hydrogens (tertiary/aromatic N) is 1. The number of carboxylic acids is 1. The van der Waals surface area contributed by atoms with Gasteiger partial charge in [0, 0.05) is 34.4 Å². The highest BCUT2D eigenvalue weighted by Gasteiger charge is 2.08. The van der Waals surface area contributed by atoms with Crippen LogP contribution in [0.15, 0.2) is 66.9 Å². The third-order valence-corrected chi connectivity index (χ3v) is 3.58. The fourth-order valence-corrected chi connectivity index (χ4v) is 2.56. The van der Waals surface area contributed by atoms with Crippen LogP contribution in [0.4, 0.5) is 5.69 Å². The van der Waals surface area contributed by atoms with Crippen LogP contribution in [-0.2, 0) is 16.1 Å². The Morgan fingerprint density at radius 1 is 1.04 bits per heavy atom. The molecule has 0 unspecified atom stereocenters. The Hall–Kier alpha value is -3.34. The number of rotatable bonds is 5. The summed E-state index contributed by atoms with van der Waals surface area (Å²) in [6.45, 7) is -0.120. The van der Waals surface area contributed by atoms with Gasteiger partial charge in [0.2, 0.25) is 5.91 Å². The summed E-state index contributed by atoms with van der Waals surface area (Å²) in [6.07, 6.45) is 4.88. The number of carbonyl (C=O) groups is 2. The number of carboxylic acid groups (broad SMARTS) is 1. The first-order chi connectivity index (χ1) is 11.6. The molecule has 0 atom stereocenters. The summed E-state index contributed by atoms with van der Waals surface area (Å²) in [7, 11) is 0. The topological polar surface area (TPSA) is 71.3 Å². The highest BCUT2D eigenvalue weighted by molar-refractivity contribution is 6.03. The van der Waals surface area contributed by atoms with Crippen molar-refractivity contribution < 1.29 is 14.7 Å². The largest absolute Gasteiger partial charge is 0.480 e. The minimum absolute atomic E-state index is 0.120. The van der Waals surface area contributed by atoms with Gasteiger partial charge in [-0.2, -0.15) is 0 Å². The van der Waals surface area contributed by atoms with Gasteiger partial charge in [-0.05, 0) is 24.3 Å². The Balaban J connectivity index is 1.84. The molecule has 24 heavy (non-hydrogen) atoms. The molecular formula is C19H16N2O3. The van der Waals surface area contributed by atoms with Crippen molar-refractivity contribution >= 4 is 34.5 Å². The highest BCUT2D eigenvalue weighted by Crippen LogP contribution is 2.22. The molecule has 2 aromatic carbocycles. The van der Waals surface area contributed by atoms with E-state index in [0.717, 1.165) is 22.2 Å². The van der Waals surface area contributed by atoms with E-state index in [2.05, 4.69) is 5.32 Å². The molecule has 3 rings (SSSR count). The number of benzene rings is 2. The number of hydrogen-bond acceptors (Lipinski definition) is 2. The number of aliphatic carboxylic acids is 1. The van der Waals surface area contributed by atoms with Crippen LogP contribution in [-0.4, -0.2) is 21.6 Å². The lowest BCUT2D eigenvalue weighted by Crippen LogP contribution is -2.07. The van der Waals surface area contributed by atoms with Gasteiger partial charge in [-0.3, -0.25) is 9.59 Å². The van der Waals surface area contributed by atoms with Crippen molar-refractivity contribution in [3.63, 3.8) is 0 Å². The summed E-state index contributed by atoms with van der Waals surface area (Å²) < 4.78 is 1.66. The summed E-state index contributed by atoms with van der Waals surface area (Å²) in [5.74, 6) is -1.15. The van der Waals surface area contributed by atoms with Crippen LogP contribution in [0.1, 0.15) is 5.56 Å². The summed E-state index contributed by atoms with van der Waals surface area (Å²) in [6, 6.07) is 16.7. The van der Waals surface area contributed by atoms with Gasteiger partial charge in [-0.15, -0.1) is 0 Å². The molecule has 1 aromatic heterocycles. The number of nitrogens with one attached hydrogen (secondary N) is 1. The zero-order chi connectivity index (χ0) is 16.9. The van der Waals surface area contributed by atoms with E-state index in [-0.39, 0.29) is 12.5 Å². The van der Waals surface area contributed by atoms with Crippen molar-refractivity contribution in [2.45, 2.75) is 6.54 Å². The molecular weight excluding hydrogens is 304 g/mol. The Morgan fingerprint density at radius 3 is 2.50 bits per heavy atom. The molecule has 120 valence electrons. The van der Waals surface area contributed by atoms with Crippen molar-refractivity contribution in [2.24, 2.45) is 0 Å². The third-order valence-electron chi connectivity index (χ3n) is 3.58. The maximum atomic E-state index is 12.0. The molecule has 1 heterocycles. The maximum absolute atomic E-state index is 12.0. The van der Waals surface area contributed by atoms with Crippen LogP contribution in [0.5, 0.6) is 0 Å². The zero-order valence-electron chi connectivity index (χ0n) is 12.8. The van der Waals surface area contributed by atoms with Gasteiger partial charge < -0.3 is 15.0 Å². The van der Waals surface area contributed by atoms with E-state index < -0.39 is 5.97 Å². The Morgan fingerprint density at radius 2 is 1.75 bits per heavy atom. The van der Waals surface area contributed by atoms with E-state index >= 15 is 0 Å². The molecule has 0 radical (unpaired) electrons. The standard InChI is InChI=1S/C19H16N2O3/c22-18(20-15-6-2-1-3-7-15)11-10-14-12-21(13-19(23)24)17-9-5-4-8-16(14)17/h1-12H,13H2,(H,20,22)(H,23,24)/b11-10+. The van der Waals surface area contributed by atoms with Gasteiger partial charge in [0.15, 0.2) is 0 Å². The normalized spacial score (nSPS) is 11.0. The molecule has 0 bridgehead atoms. The minimum Gasteiger partial charge on any atom is -0.480 e. The summed E-state index contributed by atoms with van der Waals surface area (Å²) in [4.78, 5) is 23.0. The van der Waals surface area contributed by atoms with Crippen molar-refractivity contribution in [3.8, 4) is 0 Å². The van der Waals surface area contributed by atoms with Crippen LogP contribution < -0.4 is 5.32 Å². The molecule has 0 spiro atoms. The predicted octanol–water partition coefficient (Wildman–Crippen LogP) is 3.38. The average molecular weight is 320 g/mol. The molecule has 0 aliphatic heterocycles. The van der Waals surface area contributed by atoms with Gasteiger partial charge in [-0.1, -0.05) is 36.4 Å². The predicted molar refractivity (Wildman–Crippen MR) is 93.7 cm³/mol. The van der Waals surface area contributed by atoms with Gasteiger partial charge in [0.05, 0.1) is 0 Å². The van der Waals surface area contributed by atoms with Crippen LogP contribution in [0.3, 0.4) is 0 Å². The van der Waals surface area contributed by atoms with Crippen LogP contribution in [0.2, 0.25) is 0 Å². The first-order valence-corrected chi connectivity index (χ1v) is 7.47. The first kappa shape index (κ1) is 15.6. The van der Waals surface area contributed by atoms with E-state index in [0.29, 0.717) is 0 Å². The Bertz CT molecular complexity index is 911. The number of aromatic nitrogens is 1. The lowest BCUT2D eigenvalue weighted by molar-refractivity contribution is -0.137. The molecule has 0 saturated heterocycles. The fraction of sp³-hybridized carbons (Fsp3) is 0.0526. The fourth-order valence-electron chi connectivity index (χ4n) is 2.56. The average Bonchev–Trinajstić information content (AvgIpc) is 2.91. The van der Waals surface area contributed by atoms with E-state index in [4.69, 9.17) is 5.11 Å². The second kappa shape index (κ2) is 6.83. The highest BCUT2D eigenvalue weighted by atomic mass is 16.4. The van der Waals surface area contributed by atoms with E-state index in [9.17, 15) is 9.59 Å². The number of hydrogen-bond donors (Lipinski definition) is 2. The number of carbonyl (C=O) groups excluding carboxylic acids is 1. The molecule has 5 nitrogen and oxygen atoms in total. The van der Waals surface area contributed by atoms with Gasteiger partial charge in [0.1, 0.15) is 6.54 Å². The van der Waals surface area contributed by atoms with Gasteiger partial charge in [-0.25, -0.2) is 0 Å². The van der Waals surface area contributed by atoms with Crippen molar-refractivity contribution in [1.82, 2.24) is 4.57 Å². The molecule has 3 aromatic rings. The van der Waals surface area contributed by atoms with Gasteiger partial charge in [0.25, 0.3) is 0 Å². The molecule has 5 heteroatoms. The number of fused-ring (bicyclic) bond motifs is 1. The second-order valence-corrected chi connectivity index (χ2v) is 5.31. The van der Waals surface area contributed by atoms with E-state index in [1.165, 1.54) is 6.08 Å². The first-order valence-electron chi connectivity index (χ1n) is 7.47. The molecule has 0 fully saturated rings. The summed E-state index contributed by atoms with van der Waals surface area (Å²) >= 11 is 0. The van der Waals surface area contributed by atoms with Gasteiger partial charge >= 0.3 is 5.97 Å². The third kappa shape index (κ3) is 3.52. The number of amides is 1. The second-order valence-electron chi connectivity index (χ2n) is 5.31. The summed E-state index contributed by atoms with van der Waals surface area (Å²) in [5.41, 5.74) is 2.35. The smallest absolute Gasteiger partial charge is 0.323 e. The summed E-state index contributed by atoms with van der Waals surface area (Å²) in [5, 5.41) is 12.7. The monoisotopic (exact) mass is 320 g/mol. The van der Waals surface area contributed by atoms with Crippen molar-refractivity contribution in [1.29, 1.82) is 0 Å². The molecule has 0 aliphatic rings. The van der Waals surface area contributed by atoms with Crippen molar-refractivity contribution in [3.05, 3.63) is 72.4 Å². The quantitative estimate of drug-likeness (QED) is 0.708. The lowest BCUT2D eigenvalue weighted by Gasteiger charge is -2.00. The molecule has 0 aliphatic carbocycles. The van der Waals surface area contributed by atoms with Crippen LogP contribution in [0, 0.1) is 0 Å². The lowest BCUT2D eigenvalue weighted by atomic mass is 10.1. The Kier molecular flexibility index (Phi) is 4.43. The van der Waals surface area contributed by atoms with E-state index in [1.807, 2.05) is 54.6 Å². The van der Waals surface area contributed by atoms with Crippen molar-refractivity contribution in [2.75, 3.05) is 5.32 Å². The number of anilines is 1. The molecule has 0 saturated carbocycles. The minimum atomic E-state index is -0.909. The van der Waals surface area contributed by atoms with Crippen LogP contribution >= 0.6 is 0 Å². The SMILES string of the molecule is O=C(O)Cn1cc(/C=C/C(=O)Nc2ccccc2)c2ccccc21.